The smallest absolute Gasteiger partial charge is 0.323 e. The lowest BCUT2D eigenvalue weighted by molar-refractivity contribution is -0.142. The number of carbonyl (C=O) groups is 1. The third kappa shape index (κ3) is 3.76. The highest BCUT2D eigenvalue weighted by molar-refractivity contribution is 6.30. The minimum absolute atomic E-state index is 0.311. The summed E-state index contributed by atoms with van der Waals surface area (Å²) in [5.41, 5.74) is 3.04. The van der Waals surface area contributed by atoms with Gasteiger partial charge in [-0.2, -0.15) is 0 Å². The minimum atomic E-state index is -1.07. The van der Waals surface area contributed by atoms with Gasteiger partial charge in [0, 0.05) is 11.6 Å². The molecule has 1 fully saturated rings. The predicted octanol–water partition coefficient (Wildman–Crippen LogP) is 2.31. The average molecular weight is 348 g/mol. The molecule has 126 valence electrons. The van der Waals surface area contributed by atoms with E-state index in [1.165, 1.54) is 0 Å². The van der Waals surface area contributed by atoms with Gasteiger partial charge in [0.2, 0.25) is 0 Å². The summed E-state index contributed by atoms with van der Waals surface area (Å²) in [5.74, 6) is -1.07. The highest BCUT2D eigenvalue weighted by atomic mass is 35.5. The molecular weight excluding hydrogens is 330 g/mol. The van der Waals surface area contributed by atoms with Gasteiger partial charge in [-0.25, -0.2) is 0 Å². The Morgan fingerprint density at radius 3 is 2.58 bits per heavy atom. The lowest BCUT2D eigenvalue weighted by Gasteiger charge is -2.16. The highest BCUT2D eigenvalue weighted by Crippen LogP contribution is 2.23. The van der Waals surface area contributed by atoms with E-state index >= 15 is 0 Å². The fourth-order valence-corrected chi connectivity index (χ4v) is 2.95. The second kappa shape index (κ2) is 7.32. The molecule has 2 aromatic carbocycles. The SMILES string of the molecule is O=C(O)[C@@H]1NC[C@H](OCc2ccc(-c3cccc(Cl)c3)cc2)[C@H]1O. The summed E-state index contributed by atoms with van der Waals surface area (Å²) in [7, 11) is 0. The van der Waals surface area contributed by atoms with Crippen LogP contribution in [0.2, 0.25) is 5.02 Å². The number of carboxylic acid groups (broad SMARTS) is 1. The second-order valence-corrected chi connectivity index (χ2v) is 6.21. The molecule has 0 amide bonds. The first kappa shape index (κ1) is 16.9. The standard InChI is InChI=1S/C18H18ClNO4/c19-14-3-1-2-13(8-14)12-6-4-11(5-7-12)10-24-15-9-20-16(17(15)21)18(22)23/h1-8,15-17,20-21H,9-10H2,(H,22,23)/t15-,16+,17+/m0/s1. The molecule has 0 aromatic heterocycles. The van der Waals surface area contributed by atoms with Crippen LogP contribution in [0.3, 0.4) is 0 Å². The Morgan fingerprint density at radius 2 is 1.96 bits per heavy atom. The van der Waals surface area contributed by atoms with E-state index in [9.17, 15) is 9.90 Å². The van der Waals surface area contributed by atoms with Gasteiger partial charge in [0.25, 0.3) is 0 Å². The number of hydrogen-bond acceptors (Lipinski definition) is 4. The summed E-state index contributed by atoms with van der Waals surface area (Å²) in [6, 6.07) is 14.5. The molecule has 3 N–H and O–H groups in total. The molecule has 2 aromatic rings. The zero-order valence-corrected chi connectivity index (χ0v) is 13.6. The average Bonchev–Trinajstić information content (AvgIpc) is 2.94. The molecule has 3 atom stereocenters. The molecule has 24 heavy (non-hydrogen) atoms. The maximum atomic E-state index is 10.9. The number of hydrogen-bond donors (Lipinski definition) is 3. The van der Waals surface area contributed by atoms with Crippen LogP contribution in [0.15, 0.2) is 48.5 Å². The van der Waals surface area contributed by atoms with Crippen molar-refractivity contribution in [1.82, 2.24) is 5.32 Å². The van der Waals surface area contributed by atoms with Gasteiger partial charge < -0.3 is 14.9 Å². The summed E-state index contributed by atoms with van der Waals surface area (Å²) >= 11 is 6.00. The third-order valence-corrected chi connectivity index (χ3v) is 4.34. The van der Waals surface area contributed by atoms with Crippen molar-refractivity contribution in [2.24, 2.45) is 0 Å². The zero-order chi connectivity index (χ0) is 17.1. The molecule has 0 spiro atoms. The Hall–Kier alpha value is -1.92. The monoisotopic (exact) mass is 347 g/mol. The van der Waals surface area contributed by atoms with Gasteiger partial charge in [-0.15, -0.1) is 0 Å². The first-order valence-electron chi connectivity index (χ1n) is 7.65. The Labute approximate surface area is 144 Å². The maximum absolute atomic E-state index is 10.9. The van der Waals surface area contributed by atoms with Crippen LogP contribution in [-0.2, 0) is 16.1 Å². The largest absolute Gasteiger partial charge is 0.480 e. The van der Waals surface area contributed by atoms with Gasteiger partial charge in [0.1, 0.15) is 12.1 Å². The number of rotatable bonds is 5. The first-order valence-corrected chi connectivity index (χ1v) is 8.03. The van der Waals surface area contributed by atoms with Crippen molar-refractivity contribution >= 4 is 17.6 Å². The van der Waals surface area contributed by atoms with E-state index in [2.05, 4.69) is 5.32 Å². The number of ether oxygens (including phenoxy) is 1. The lowest BCUT2D eigenvalue weighted by Crippen LogP contribution is -2.40. The van der Waals surface area contributed by atoms with Crippen molar-refractivity contribution in [2.75, 3.05) is 6.54 Å². The van der Waals surface area contributed by atoms with Crippen molar-refractivity contribution in [3.05, 3.63) is 59.1 Å². The molecule has 0 saturated carbocycles. The van der Waals surface area contributed by atoms with Crippen molar-refractivity contribution in [1.29, 1.82) is 0 Å². The molecule has 1 aliphatic rings. The van der Waals surface area contributed by atoms with E-state index in [1.807, 2.05) is 48.5 Å². The van der Waals surface area contributed by atoms with E-state index in [0.29, 0.717) is 18.2 Å². The molecule has 0 radical (unpaired) electrons. The molecule has 1 aliphatic heterocycles. The second-order valence-electron chi connectivity index (χ2n) is 5.77. The minimum Gasteiger partial charge on any atom is -0.480 e. The zero-order valence-electron chi connectivity index (χ0n) is 12.9. The number of benzene rings is 2. The fraction of sp³-hybridized carbons (Fsp3) is 0.278. The maximum Gasteiger partial charge on any atom is 0.323 e. The fourth-order valence-electron chi connectivity index (χ4n) is 2.75. The predicted molar refractivity (Wildman–Crippen MR) is 90.9 cm³/mol. The molecule has 1 heterocycles. The normalized spacial score (nSPS) is 23.3. The van der Waals surface area contributed by atoms with Crippen LogP contribution in [-0.4, -0.2) is 41.0 Å². The van der Waals surface area contributed by atoms with Gasteiger partial charge in [-0.05, 0) is 28.8 Å². The van der Waals surface area contributed by atoms with E-state index in [1.54, 1.807) is 0 Å². The molecule has 0 aliphatic carbocycles. The summed E-state index contributed by atoms with van der Waals surface area (Å²) < 4.78 is 5.65. The molecular formula is C18H18ClNO4. The topological polar surface area (TPSA) is 78.8 Å². The number of nitrogens with one attached hydrogen (secondary N) is 1. The summed E-state index contributed by atoms with van der Waals surface area (Å²) in [4.78, 5) is 10.9. The molecule has 5 nitrogen and oxygen atoms in total. The molecule has 0 bridgehead atoms. The van der Waals surface area contributed by atoms with Crippen LogP contribution >= 0.6 is 11.6 Å². The summed E-state index contributed by atoms with van der Waals surface area (Å²) in [6.45, 7) is 0.629. The third-order valence-electron chi connectivity index (χ3n) is 4.10. The number of aliphatic hydroxyl groups is 1. The Bertz CT molecular complexity index is 719. The molecule has 1 saturated heterocycles. The first-order chi connectivity index (χ1) is 11.5. The summed E-state index contributed by atoms with van der Waals surface area (Å²) in [6.07, 6.45) is -1.58. The van der Waals surface area contributed by atoms with Crippen LogP contribution in [0.25, 0.3) is 11.1 Å². The van der Waals surface area contributed by atoms with Crippen molar-refractivity contribution in [3.8, 4) is 11.1 Å². The Morgan fingerprint density at radius 1 is 1.21 bits per heavy atom. The number of aliphatic hydroxyl groups excluding tert-OH is 1. The van der Waals surface area contributed by atoms with Gasteiger partial charge in [0.05, 0.1) is 12.7 Å². The number of aliphatic carboxylic acids is 1. The van der Waals surface area contributed by atoms with Crippen LogP contribution in [0.4, 0.5) is 0 Å². The van der Waals surface area contributed by atoms with E-state index in [0.717, 1.165) is 16.7 Å². The van der Waals surface area contributed by atoms with Gasteiger partial charge in [0.15, 0.2) is 0 Å². The van der Waals surface area contributed by atoms with Crippen molar-refractivity contribution in [3.63, 3.8) is 0 Å². The van der Waals surface area contributed by atoms with Crippen LogP contribution in [0.1, 0.15) is 5.56 Å². The van der Waals surface area contributed by atoms with E-state index < -0.39 is 24.2 Å². The van der Waals surface area contributed by atoms with Gasteiger partial charge in [-0.1, -0.05) is 48.0 Å². The van der Waals surface area contributed by atoms with E-state index in [4.69, 9.17) is 21.4 Å². The Balaban J connectivity index is 1.60. The lowest BCUT2D eigenvalue weighted by atomic mass is 10.0. The molecule has 0 unspecified atom stereocenters. The van der Waals surface area contributed by atoms with Crippen LogP contribution in [0, 0.1) is 0 Å². The number of halogens is 1. The van der Waals surface area contributed by atoms with E-state index in [-0.39, 0.29) is 0 Å². The Kier molecular flexibility index (Phi) is 5.16. The quantitative estimate of drug-likeness (QED) is 0.773. The number of carboxylic acids is 1. The van der Waals surface area contributed by atoms with Crippen LogP contribution in [0.5, 0.6) is 0 Å². The highest BCUT2D eigenvalue weighted by Gasteiger charge is 2.39. The van der Waals surface area contributed by atoms with Crippen molar-refractivity contribution < 1.29 is 19.7 Å². The van der Waals surface area contributed by atoms with Crippen molar-refractivity contribution in [2.45, 2.75) is 24.9 Å². The molecule has 3 rings (SSSR count). The van der Waals surface area contributed by atoms with Gasteiger partial charge in [-0.3, -0.25) is 10.1 Å². The molecule has 6 heteroatoms. The van der Waals surface area contributed by atoms with Crippen LogP contribution < -0.4 is 5.32 Å². The summed E-state index contributed by atoms with van der Waals surface area (Å²) in [5, 5.41) is 22.3. The van der Waals surface area contributed by atoms with Gasteiger partial charge >= 0.3 is 5.97 Å².